The summed E-state index contributed by atoms with van der Waals surface area (Å²) in [6.07, 6.45) is -4.34. The predicted molar refractivity (Wildman–Crippen MR) is 102 cm³/mol. The quantitative estimate of drug-likeness (QED) is 0.521. The maximum atomic E-state index is 13.0. The Labute approximate surface area is 167 Å². The molecule has 1 unspecified atom stereocenters. The predicted octanol–water partition coefficient (Wildman–Crippen LogP) is 2.13. The van der Waals surface area contributed by atoms with Crippen molar-refractivity contribution in [1.82, 2.24) is 0 Å². The first-order valence-electron chi connectivity index (χ1n) is 8.75. The van der Waals surface area contributed by atoms with Gasteiger partial charge in [-0.2, -0.15) is 0 Å². The molecule has 4 atom stereocenters. The van der Waals surface area contributed by atoms with Crippen LogP contribution in [0.4, 0.5) is 0 Å². The molecule has 1 aliphatic rings. The third kappa shape index (κ3) is 3.87. The summed E-state index contributed by atoms with van der Waals surface area (Å²) in [6.45, 7) is 3.68. The van der Waals surface area contributed by atoms with Crippen LogP contribution in [0.1, 0.15) is 38.3 Å². The zero-order valence-corrected chi connectivity index (χ0v) is 16.2. The first kappa shape index (κ1) is 20.6. The highest BCUT2D eigenvalue weighted by Gasteiger charge is 2.61. The number of carbonyl (C=O) groups is 2. The van der Waals surface area contributed by atoms with Gasteiger partial charge in [-0.3, -0.25) is 9.59 Å². The fraction of sp³-hybridized carbons (Fsp3) is 0.333. The zero-order valence-electron chi connectivity index (χ0n) is 15.4. The summed E-state index contributed by atoms with van der Waals surface area (Å²) < 4.78 is 5.14. The molecule has 3 rings (SSSR count). The minimum Gasteiger partial charge on any atom is -0.382 e. The first-order chi connectivity index (χ1) is 13.0. The number of alkyl halides is 1. The molecule has 28 heavy (non-hydrogen) atoms. The molecule has 1 saturated heterocycles. The number of benzene rings is 2. The number of Topliss-reactive ketones (excluding diaryl/α,β-unsaturated/α-hetero) is 2. The minimum absolute atomic E-state index is 0.144. The van der Waals surface area contributed by atoms with E-state index in [9.17, 15) is 24.9 Å². The molecule has 3 N–H and O–H groups in total. The number of halogens is 1. The Balaban J connectivity index is 1.94. The van der Waals surface area contributed by atoms with Crippen molar-refractivity contribution in [2.24, 2.45) is 0 Å². The molecule has 1 fully saturated rings. The summed E-state index contributed by atoms with van der Waals surface area (Å²) in [4.78, 5) is 25.6. The van der Waals surface area contributed by atoms with Crippen LogP contribution in [-0.4, -0.2) is 49.9 Å². The second kappa shape index (κ2) is 7.39. The fourth-order valence-electron chi connectivity index (χ4n) is 3.28. The monoisotopic (exact) mass is 404 g/mol. The summed E-state index contributed by atoms with van der Waals surface area (Å²) in [5.74, 6) is -1.56. The van der Waals surface area contributed by atoms with Crippen molar-refractivity contribution in [1.29, 1.82) is 0 Å². The molecule has 2 aromatic rings. The number of ketones is 2. The molecular formula is C21H21ClO6. The Morgan fingerprint density at radius 3 is 1.96 bits per heavy atom. The van der Waals surface area contributed by atoms with Crippen LogP contribution in [0.5, 0.6) is 0 Å². The van der Waals surface area contributed by atoms with Gasteiger partial charge in [-0.15, -0.1) is 0 Å². The molecule has 0 spiro atoms. The van der Waals surface area contributed by atoms with Gasteiger partial charge in [-0.05, 0) is 13.8 Å². The van der Waals surface area contributed by atoms with E-state index in [4.69, 9.17) is 16.3 Å². The van der Waals surface area contributed by atoms with Gasteiger partial charge in [0.05, 0.1) is 6.42 Å². The lowest BCUT2D eigenvalue weighted by Crippen LogP contribution is -2.53. The van der Waals surface area contributed by atoms with Gasteiger partial charge in [0, 0.05) is 11.1 Å². The molecule has 1 heterocycles. The molecule has 6 nitrogen and oxygen atoms in total. The van der Waals surface area contributed by atoms with Crippen molar-refractivity contribution in [3.63, 3.8) is 0 Å². The van der Waals surface area contributed by atoms with Gasteiger partial charge in [-0.25, -0.2) is 0 Å². The fourth-order valence-corrected chi connectivity index (χ4v) is 3.58. The van der Waals surface area contributed by atoms with Crippen LogP contribution >= 0.6 is 11.6 Å². The second-order valence-corrected chi connectivity index (χ2v) is 7.79. The van der Waals surface area contributed by atoms with E-state index in [0.717, 1.165) is 11.1 Å². The number of ether oxygens (including phenoxy) is 1. The van der Waals surface area contributed by atoms with Crippen LogP contribution < -0.4 is 0 Å². The molecule has 0 aliphatic carbocycles. The average Bonchev–Trinajstić information content (AvgIpc) is 2.91. The maximum absolute atomic E-state index is 13.0. The largest absolute Gasteiger partial charge is 0.382 e. The van der Waals surface area contributed by atoms with E-state index in [1.807, 2.05) is 13.8 Å². The number of aryl methyl sites for hydroxylation is 2. The summed E-state index contributed by atoms with van der Waals surface area (Å²) in [5.41, 5.74) is -0.232. The van der Waals surface area contributed by atoms with E-state index in [2.05, 4.69) is 0 Å². The van der Waals surface area contributed by atoms with Gasteiger partial charge >= 0.3 is 0 Å². The van der Waals surface area contributed by atoms with Crippen molar-refractivity contribution in [2.45, 2.75) is 43.3 Å². The summed E-state index contributed by atoms with van der Waals surface area (Å²) in [5, 5.41) is 29.3. The standard InChI is InChI=1S/C21H21ClO6/c1-12-3-7-14(8-4-12)16(23)17(24)19-20(26,11-21(22,27)28-19)18(25)15-9-5-13(2)6-10-15/h3-10,17,19,24,26-27H,11H2,1-2H3/t17?,19-,20-,21+/m1/s1. The lowest BCUT2D eigenvalue weighted by atomic mass is 9.82. The first-order valence-corrected chi connectivity index (χ1v) is 9.13. The van der Waals surface area contributed by atoms with E-state index in [1.54, 1.807) is 24.3 Å². The van der Waals surface area contributed by atoms with Gasteiger partial charge in [0.15, 0.2) is 17.2 Å². The molecule has 7 heteroatoms. The van der Waals surface area contributed by atoms with Crippen LogP contribution in [0.25, 0.3) is 0 Å². The maximum Gasteiger partial charge on any atom is 0.249 e. The number of hydrogen-bond acceptors (Lipinski definition) is 6. The van der Waals surface area contributed by atoms with Crippen molar-refractivity contribution in [3.8, 4) is 0 Å². The van der Waals surface area contributed by atoms with E-state index < -0.39 is 41.0 Å². The highest BCUT2D eigenvalue weighted by molar-refractivity contribution is 6.22. The Hall–Kier alpha value is -2.09. The lowest BCUT2D eigenvalue weighted by Gasteiger charge is -2.29. The van der Waals surface area contributed by atoms with Crippen LogP contribution in [0.15, 0.2) is 48.5 Å². The number of aliphatic hydroxyl groups excluding tert-OH is 1. The molecule has 0 bridgehead atoms. The second-order valence-electron chi connectivity index (χ2n) is 7.20. The van der Waals surface area contributed by atoms with Gasteiger partial charge in [0.25, 0.3) is 0 Å². The topological polar surface area (TPSA) is 104 Å². The lowest BCUT2D eigenvalue weighted by molar-refractivity contribution is -0.154. The zero-order chi connectivity index (χ0) is 20.7. The number of carbonyl (C=O) groups excluding carboxylic acids is 2. The molecule has 0 aromatic heterocycles. The van der Waals surface area contributed by atoms with Crippen molar-refractivity contribution in [2.75, 3.05) is 0 Å². The summed E-state index contributed by atoms with van der Waals surface area (Å²) >= 11 is 5.82. The molecule has 1 aliphatic heterocycles. The highest BCUT2D eigenvalue weighted by Crippen LogP contribution is 2.43. The number of aliphatic hydroxyl groups is 3. The molecule has 2 aromatic carbocycles. The van der Waals surface area contributed by atoms with Crippen molar-refractivity contribution in [3.05, 3.63) is 70.8 Å². The van der Waals surface area contributed by atoms with Crippen molar-refractivity contribution >= 4 is 23.2 Å². The molecule has 148 valence electrons. The highest BCUT2D eigenvalue weighted by atomic mass is 35.5. The number of hydrogen-bond donors (Lipinski definition) is 3. The number of rotatable bonds is 5. The Morgan fingerprint density at radius 1 is 1.00 bits per heavy atom. The third-order valence-electron chi connectivity index (χ3n) is 4.86. The Bertz CT molecular complexity index is 890. The molecule has 0 saturated carbocycles. The van der Waals surface area contributed by atoms with E-state index >= 15 is 0 Å². The molecule has 0 amide bonds. The smallest absolute Gasteiger partial charge is 0.249 e. The average molecular weight is 405 g/mol. The van der Waals surface area contributed by atoms with Crippen LogP contribution in [0.3, 0.4) is 0 Å². The van der Waals surface area contributed by atoms with E-state index in [0.29, 0.717) is 0 Å². The third-order valence-corrected chi connectivity index (χ3v) is 5.09. The van der Waals surface area contributed by atoms with Crippen LogP contribution in [0.2, 0.25) is 0 Å². The van der Waals surface area contributed by atoms with Gasteiger partial charge in [0.2, 0.25) is 5.25 Å². The summed E-state index contributed by atoms with van der Waals surface area (Å²) in [6, 6.07) is 12.8. The van der Waals surface area contributed by atoms with E-state index in [-0.39, 0.29) is 11.1 Å². The SMILES string of the molecule is Cc1ccc(C(=O)C(O)[C@H]2O[C@](O)(Cl)C[C@@]2(O)C(=O)c2ccc(C)cc2)cc1. The van der Waals surface area contributed by atoms with Crippen LogP contribution in [-0.2, 0) is 4.74 Å². The Morgan fingerprint density at radius 2 is 1.46 bits per heavy atom. The van der Waals surface area contributed by atoms with Gasteiger partial charge in [-0.1, -0.05) is 71.3 Å². The van der Waals surface area contributed by atoms with Gasteiger partial charge < -0.3 is 20.1 Å². The minimum atomic E-state index is -2.39. The van der Waals surface area contributed by atoms with Crippen LogP contribution in [0, 0.1) is 13.8 Å². The molecule has 0 radical (unpaired) electrons. The summed E-state index contributed by atoms with van der Waals surface area (Å²) in [7, 11) is 0. The van der Waals surface area contributed by atoms with Gasteiger partial charge in [0.1, 0.15) is 12.2 Å². The van der Waals surface area contributed by atoms with Crippen molar-refractivity contribution < 1.29 is 29.6 Å². The Kier molecular flexibility index (Phi) is 5.44. The normalized spacial score (nSPS) is 28.1. The van der Waals surface area contributed by atoms with E-state index in [1.165, 1.54) is 24.3 Å². The molecular weight excluding hydrogens is 384 g/mol.